The topological polar surface area (TPSA) is 101 Å². The van der Waals surface area contributed by atoms with Crippen molar-refractivity contribution in [1.29, 1.82) is 0 Å². The van der Waals surface area contributed by atoms with Crippen molar-refractivity contribution in [2.45, 2.75) is 38.6 Å². The fraction of sp³-hybridized carbons (Fsp3) is 0.909. The van der Waals surface area contributed by atoms with Gasteiger partial charge in [0.05, 0.1) is 5.75 Å². The van der Waals surface area contributed by atoms with Crippen LogP contribution in [0.15, 0.2) is 0 Å². The van der Waals surface area contributed by atoms with Crippen molar-refractivity contribution in [3.63, 3.8) is 0 Å². The molecule has 1 aliphatic heterocycles. The lowest BCUT2D eigenvalue weighted by Gasteiger charge is -2.29. The fourth-order valence-electron chi connectivity index (χ4n) is 2.16. The van der Waals surface area contributed by atoms with Gasteiger partial charge in [0.25, 0.3) is 0 Å². The molecule has 7 heteroatoms. The van der Waals surface area contributed by atoms with Crippen LogP contribution in [0.3, 0.4) is 0 Å². The molecule has 2 atom stereocenters. The van der Waals surface area contributed by atoms with Crippen LogP contribution in [0.1, 0.15) is 32.6 Å². The van der Waals surface area contributed by atoms with Crippen molar-refractivity contribution in [3.05, 3.63) is 0 Å². The van der Waals surface area contributed by atoms with E-state index in [2.05, 4.69) is 17.6 Å². The first kappa shape index (κ1) is 15.4. The van der Waals surface area contributed by atoms with E-state index < -0.39 is 10.0 Å². The zero-order valence-corrected chi connectivity index (χ0v) is 11.6. The Balaban J connectivity index is 2.17. The molecule has 0 spiro atoms. The van der Waals surface area contributed by atoms with E-state index in [0.29, 0.717) is 25.3 Å². The normalized spacial score (nSPS) is 24.8. The molecular weight excluding hydrogens is 254 g/mol. The Morgan fingerprint density at radius 2 is 2.22 bits per heavy atom. The van der Waals surface area contributed by atoms with Crippen LogP contribution >= 0.6 is 0 Å². The van der Waals surface area contributed by atoms with Crippen LogP contribution in [0.25, 0.3) is 0 Å². The summed E-state index contributed by atoms with van der Waals surface area (Å²) < 4.78 is 21.4. The van der Waals surface area contributed by atoms with E-state index in [1.165, 1.54) is 0 Å². The van der Waals surface area contributed by atoms with Crippen molar-refractivity contribution in [1.82, 2.24) is 10.6 Å². The molecular formula is C11H23N3O3S. The van der Waals surface area contributed by atoms with Crippen LogP contribution in [-0.4, -0.2) is 39.2 Å². The molecule has 0 aromatic heterocycles. The van der Waals surface area contributed by atoms with Gasteiger partial charge in [0, 0.05) is 19.0 Å². The Hall–Kier alpha value is -0.660. The summed E-state index contributed by atoms with van der Waals surface area (Å²) in [5, 5.41) is 10.9. The summed E-state index contributed by atoms with van der Waals surface area (Å²) >= 11 is 0. The average molecular weight is 277 g/mol. The van der Waals surface area contributed by atoms with Gasteiger partial charge in [0.2, 0.25) is 15.9 Å². The molecule has 6 nitrogen and oxygen atoms in total. The highest BCUT2D eigenvalue weighted by Gasteiger charge is 2.22. The van der Waals surface area contributed by atoms with E-state index in [-0.39, 0.29) is 17.7 Å². The largest absolute Gasteiger partial charge is 0.356 e. The summed E-state index contributed by atoms with van der Waals surface area (Å²) in [5.41, 5.74) is 0. The van der Waals surface area contributed by atoms with E-state index >= 15 is 0 Å². The minimum Gasteiger partial charge on any atom is -0.356 e. The quantitative estimate of drug-likeness (QED) is 0.573. The first-order valence-corrected chi connectivity index (χ1v) is 8.10. The van der Waals surface area contributed by atoms with Crippen molar-refractivity contribution in [2.24, 2.45) is 11.1 Å². The van der Waals surface area contributed by atoms with Gasteiger partial charge in [0.15, 0.2) is 0 Å². The van der Waals surface area contributed by atoms with Crippen LogP contribution in [-0.2, 0) is 14.8 Å². The van der Waals surface area contributed by atoms with Gasteiger partial charge < -0.3 is 10.6 Å². The molecule has 0 saturated carbocycles. The van der Waals surface area contributed by atoms with E-state index in [0.717, 1.165) is 19.4 Å². The van der Waals surface area contributed by atoms with Gasteiger partial charge in [-0.2, -0.15) is 0 Å². The van der Waals surface area contributed by atoms with Crippen LogP contribution in [0, 0.1) is 5.92 Å². The molecule has 4 N–H and O–H groups in total. The molecule has 2 unspecified atom stereocenters. The monoisotopic (exact) mass is 277 g/mol. The first-order valence-electron chi connectivity index (χ1n) is 6.39. The van der Waals surface area contributed by atoms with Crippen LogP contribution in [0.4, 0.5) is 0 Å². The fourth-order valence-corrected chi connectivity index (χ4v) is 2.71. The SMILES string of the molecule is CC1CCCNC1CC(=O)NCCCS(N)(=O)=O. The van der Waals surface area contributed by atoms with Gasteiger partial charge in [-0.1, -0.05) is 6.92 Å². The number of nitrogens with two attached hydrogens (primary N) is 1. The first-order chi connectivity index (χ1) is 8.38. The van der Waals surface area contributed by atoms with Crippen molar-refractivity contribution < 1.29 is 13.2 Å². The minimum atomic E-state index is -3.42. The van der Waals surface area contributed by atoms with E-state index in [9.17, 15) is 13.2 Å². The van der Waals surface area contributed by atoms with Crippen LogP contribution in [0.5, 0.6) is 0 Å². The second-order valence-corrected chi connectivity index (χ2v) is 6.69. The van der Waals surface area contributed by atoms with Gasteiger partial charge in [-0.05, 0) is 31.7 Å². The van der Waals surface area contributed by atoms with Crippen molar-refractivity contribution in [2.75, 3.05) is 18.8 Å². The Kier molecular flexibility index (Phi) is 6.04. The molecule has 1 heterocycles. The van der Waals surface area contributed by atoms with Gasteiger partial charge in [-0.3, -0.25) is 4.79 Å². The maximum absolute atomic E-state index is 11.6. The number of sulfonamides is 1. The third-order valence-electron chi connectivity index (χ3n) is 3.26. The van der Waals surface area contributed by atoms with E-state index in [1.54, 1.807) is 0 Å². The highest BCUT2D eigenvalue weighted by atomic mass is 32.2. The number of nitrogens with one attached hydrogen (secondary N) is 2. The summed E-state index contributed by atoms with van der Waals surface area (Å²) in [6, 6.07) is 0.233. The van der Waals surface area contributed by atoms with Gasteiger partial charge in [0.1, 0.15) is 0 Å². The highest BCUT2D eigenvalue weighted by molar-refractivity contribution is 7.89. The molecule has 1 saturated heterocycles. The summed E-state index contributed by atoms with van der Waals surface area (Å²) in [7, 11) is -3.42. The molecule has 0 radical (unpaired) electrons. The Labute approximate surface area is 109 Å². The highest BCUT2D eigenvalue weighted by Crippen LogP contribution is 2.17. The smallest absolute Gasteiger partial charge is 0.221 e. The summed E-state index contributed by atoms with van der Waals surface area (Å²) in [6.07, 6.45) is 3.12. The number of hydrogen-bond acceptors (Lipinski definition) is 4. The third-order valence-corrected chi connectivity index (χ3v) is 4.12. The summed E-state index contributed by atoms with van der Waals surface area (Å²) in [6.45, 7) is 3.47. The number of primary sulfonamides is 1. The Bertz CT molecular complexity index is 370. The molecule has 0 bridgehead atoms. The molecule has 0 aromatic carbocycles. The Morgan fingerprint density at radius 1 is 1.50 bits per heavy atom. The molecule has 18 heavy (non-hydrogen) atoms. The van der Waals surface area contributed by atoms with E-state index in [4.69, 9.17) is 5.14 Å². The lowest BCUT2D eigenvalue weighted by Crippen LogP contribution is -2.43. The molecule has 1 rings (SSSR count). The minimum absolute atomic E-state index is 0.0318. The average Bonchev–Trinajstić information content (AvgIpc) is 2.26. The van der Waals surface area contributed by atoms with Gasteiger partial charge in [-0.15, -0.1) is 0 Å². The van der Waals surface area contributed by atoms with Crippen molar-refractivity contribution in [3.8, 4) is 0 Å². The van der Waals surface area contributed by atoms with Crippen LogP contribution in [0.2, 0.25) is 0 Å². The molecule has 106 valence electrons. The number of amides is 1. The summed E-state index contributed by atoms with van der Waals surface area (Å²) in [5.74, 6) is 0.385. The number of carbonyl (C=O) groups is 1. The number of piperidine rings is 1. The second-order valence-electron chi connectivity index (χ2n) is 4.95. The maximum atomic E-state index is 11.6. The zero-order valence-electron chi connectivity index (χ0n) is 10.8. The predicted octanol–water partition coefficient (Wildman–Crippen LogP) is -0.441. The van der Waals surface area contributed by atoms with Gasteiger partial charge in [-0.25, -0.2) is 13.6 Å². The number of hydrogen-bond donors (Lipinski definition) is 3. The van der Waals surface area contributed by atoms with Gasteiger partial charge >= 0.3 is 0 Å². The molecule has 0 aliphatic carbocycles. The number of rotatable bonds is 6. The molecule has 0 aromatic rings. The Morgan fingerprint density at radius 3 is 2.83 bits per heavy atom. The molecule has 1 fully saturated rings. The standard InChI is InChI=1S/C11H23N3O3S/c1-9-4-2-5-13-10(9)8-11(15)14-6-3-7-18(12,16)17/h9-10,13H,2-8H2,1H3,(H,14,15)(H2,12,16,17). The predicted molar refractivity (Wildman–Crippen MR) is 70.4 cm³/mol. The molecule has 1 amide bonds. The molecule has 1 aliphatic rings. The zero-order chi connectivity index (χ0) is 13.6. The van der Waals surface area contributed by atoms with Crippen molar-refractivity contribution >= 4 is 15.9 Å². The maximum Gasteiger partial charge on any atom is 0.221 e. The van der Waals surface area contributed by atoms with Crippen LogP contribution < -0.4 is 15.8 Å². The van der Waals surface area contributed by atoms with E-state index in [1.807, 2.05) is 0 Å². The third kappa shape index (κ3) is 6.32. The lowest BCUT2D eigenvalue weighted by molar-refractivity contribution is -0.121. The summed E-state index contributed by atoms with van der Waals surface area (Å²) in [4.78, 5) is 11.6. The second kappa shape index (κ2) is 7.06. The lowest BCUT2D eigenvalue weighted by atomic mass is 9.90. The number of carbonyl (C=O) groups excluding carboxylic acids is 1.